The zero-order valence-electron chi connectivity index (χ0n) is 13.0. The Kier molecular flexibility index (Phi) is 8.69. The third-order valence-corrected chi connectivity index (χ3v) is 3.08. The second kappa shape index (κ2) is 10.7. The molecule has 3 nitrogen and oxygen atoms in total. The SMILES string of the molecule is CC/C=C/CCCC/C=C\NC(=O)c1ccc(OC)cc1. The van der Waals surface area contributed by atoms with Crippen LogP contribution >= 0.6 is 0 Å². The Morgan fingerprint density at radius 3 is 2.38 bits per heavy atom. The van der Waals surface area contributed by atoms with Gasteiger partial charge in [0.1, 0.15) is 5.75 Å². The summed E-state index contributed by atoms with van der Waals surface area (Å²) in [5.41, 5.74) is 0.630. The second-order valence-corrected chi connectivity index (χ2v) is 4.77. The van der Waals surface area contributed by atoms with E-state index in [2.05, 4.69) is 24.4 Å². The van der Waals surface area contributed by atoms with E-state index in [9.17, 15) is 4.79 Å². The van der Waals surface area contributed by atoms with Crippen molar-refractivity contribution in [1.82, 2.24) is 5.32 Å². The maximum Gasteiger partial charge on any atom is 0.255 e. The van der Waals surface area contributed by atoms with Crippen molar-refractivity contribution >= 4 is 5.91 Å². The molecule has 0 bridgehead atoms. The molecule has 1 N–H and O–H groups in total. The number of carbonyl (C=O) groups is 1. The van der Waals surface area contributed by atoms with Crippen LogP contribution in [-0.4, -0.2) is 13.0 Å². The van der Waals surface area contributed by atoms with Gasteiger partial charge in [-0.15, -0.1) is 0 Å². The van der Waals surface area contributed by atoms with Crippen molar-refractivity contribution in [3.05, 3.63) is 54.3 Å². The molecular formula is C18H25NO2. The number of rotatable bonds is 9. The average Bonchev–Trinajstić information content (AvgIpc) is 2.53. The Labute approximate surface area is 127 Å². The molecule has 0 saturated carbocycles. The molecular weight excluding hydrogens is 262 g/mol. The molecule has 0 fully saturated rings. The van der Waals surface area contributed by atoms with Gasteiger partial charge in [0.15, 0.2) is 0 Å². The van der Waals surface area contributed by atoms with Crippen LogP contribution in [-0.2, 0) is 0 Å². The highest BCUT2D eigenvalue weighted by Crippen LogP contribution is 2.11. The number of ether oxygens (including phenoxy) is 1. The van der Waals surface area contributed by atoms with Gasteiger partial charge in [-0.25, -0.2) is 0 Å². The van der Waals surface area contributed by atoms with Crippen LogP contribution in [0.4, 0.5) is 0 Å². The van der Waals surface area contributed by atoms with Crippen LogP contribution in [0.1, 0.15) is 49.4 Å². The standard InChI is InChI=1S/C18H25NO2/c1-3-4-5-6-7-8-9-10-15-19-18(20)16-11-13-17(21-2)14-12-16/h4-5,10-15H,3,6-9H2,1-2H3,(H,19,20)/b5-4+,15-10-. The number of methoxy groups -OCH3 is 1. The number of nitrogens with one attached hydrogen (secondary N) is 1. The molecule has 0 aliphatic heterocycles. The molecule has 0 atom stereocenters. The first kappa shape index (κ1) is 17.0. The summed E-state index contributed by atoms with van der Waals surface area (Å²) in [5, 5.41) is 2.77. The minimum Gasteiger partial charge on any atom is -0.497 e. The lowest BCUT2D eigenvalue weighted by Crippen LogP contribution is -2.16. The number of benzene rings is 1. The fraction of sp³-hybridized carbons (Fsp3) is 0.389. The Balaban J connectivity index is 2.19. The van der Waals surface area contributed by atoms with Gasteiger partial charge in [-0.3, -0.25) is 4.79 Å². The summed E-state index contributed by atoms with van der Waals surface area (Å²) in [6, 6.07) is 7.06. The number of unbranched alkanes of at least 4 members (excludes halogenated alkanes) is 3. The van der Waals surface area contributed by atoms with Crippen molar-refractivity contribution in [1.29, 1.82) is 0 Å². The molecule has 1 aromatic carbocycles. The first-order valence-corrected chi connectivity index (χ1v) is 7.53. The van der Waals surface area contributed by atoms with E-state index in [1.807, 2.05) is 6.08 Å². The highest BCUT2D eigenvalue weighted by Gasteiger charge is 2.02. The van der Waals surface area contributed by atoms with Crippen LogP contribution in [0.2, 0.25) is 0 Å². The third-order valence-electron chi connectivity index (χ3n) is 3.08. The van der Waals surface area contributed by atoms with E-state index < -0.39 is 0 Å². The summed E-state index contributed by atoms with van der Waals surface area (Å²) in [5.74, 6) is 0.652. The second-order valence-electron chi connectivity index (χ2n) is 4.77. The van der Waals surface area contributed by atoms with Crippen LogP contribution in [0.15, 0.2) is 48.7 Å². The van der Waals surface area contributed by atoms with Crippen molar-refractivity contribution in [3.63, 3.8) is 0 Å². The van der Waals surface area contributed by atoms with E-state index in [1.54, 1.807) is 37.6 Å². The highest BCUT2D eigenvalue weighted by atomic mass is 16.5. The van der Waals surface area contributed by atoms with Gasteiger partial charge in [0.05, 0.1) is 7.11 Å². The average molecular weight is 287 g/mol. The summed E-state index contributed by atoms with van der Waals surface area (Å²) in [4.78, 5) is 11.8. The highest BCUT2D eigenvalue weighted by molar-refractivity contribution is 5.94. The monoisotopic (exact) mass is 287 g/mol. The predicted molar refractivity (Wildman–Crippen MR) is 87.5 cm³/mol. The zero-order valence-corrected chi connectivity index (χ0v) is 13.0. The fourth-order valence-electron chi connectivity index (χ4n) is 1.85. The summed E-state index contributed by atoms with van der Waals surface area (Å²) in [7, 11) is 1.61. The molecule has 114 valence electrons. The van der Waals surface area contributed by atoms with Crippen molar-refractivity contribution < 1.29 is 9.53 Å². The molecule has 0 radical (unpaired) electrons. The first-order chi connectivity index (χ1) is 10.3. The smallest absolute Gasteiger partial charge is 0.255 e. The van der Waals surface area contributed by atoms with Crippen LogP contribution in [0.25, 0.3) is 0 Å². The summed E-state index contributed by atoms with van der Waals surface area (Å²) in [6.45, 7) is 2.14. The molecule has 0 aromatic heterocycles. The molecule has 0 heterocycles. The summed E-state index contributed by atoms with van der Waals surface area (Å²) < 4.78 is 5.06. The Morgan fingerprint density at radius 1 is 1.10 bits per heavy atom. The van der Waals surface area contributed by atoms with Gasteiger partial charge in [0.25, 0.3) is 5.91 Å². The normalized spacial score (nSPS) is 11.1. The quantitative estimate of drug-likeness (QED) is 0.537. The number of hydrogen-bond donors (Lipinski definition) is 1. The van der Waals surface area contributed by atoms with Crippen LogP contribution in [0.5, 0.6) is 5.75 Å². The zero-order chi connectivity index (χ0) is 15.3. The van der Waals surface area contributed by atoms with Crippen molar-refractivity contribution in [2.24, 2.45) is 0 Å². The minimum atomic E-state index is -0.0974. The molecule has 0 unspecified atom stereocenters. The molecule has 3 heteroatoms. The summed E-state index contributed by atoms with van der Waals surface area (Å²) in [6.07, 6.45) is 13.7. The van der Waals surface area contributed by atoms with Crippen LogP contribution < -0.4 is 10.1 Å². The van der Waals surface area contributed by atoms with E-state index in [0.29, 0.717) is 5.56 Å². The van der Waals surface area contributed by atoms with E-state index in [-0.39, 0.29) is 5.91 Å². The van der Waals surface area contributed by atoms with E-state index in [4.69, 9.17) is 4.74 Å². The number of allylic oxidation sites excluding steroid dienone is 3. The molecule has 1 aromatic rings. The fourth-order valence-corrected chi connectivity index (χ4v) is 1.85. The number of amides is 1. The van der Waals surface area contributed by atoms with E-state index in [0.717, 1.165) is 31.4 Å². The molecule has 0 aliphatic carbocycles. The Hall–Kier alpha value is -2.03. The lowest BCUT2D eigenvalue weighted by molar-refractivity contribution is 0.0970. The Bertz CT molecular complexity index is 461. The van der Waals surface area contributed by atoms with Gasteiger partial charge in [0.2, 0.25) is 0 Å². The van der Waals surface area contributed by atoms with Crippen molar-refractivity contribution in [2.45, 2.75) is 39.0 Å². The predicted octanol–water partition coefficient (Wildman–Crippen LogP) is 4.47. The molecule has 1 amide bonds. The van der Waals surface area contributed by atoms with E-state index in [1.165, 1.54) is 6.42 Å². The van der Waals surface area contributed by atoms with Gasteiger partial charge < -0.3 is 10.1 Å². The summed E-state index contributed by atoms with van der Waals surface area (Å²) >= 11 is 0. The maximum absolute atomic E-state index is 11.8. The number of hydrogen-bond acceptors (Lipinski definition) is 2. The molecule has 0 saturated heterocycles. The topological polar surface area (TPSA) is 38.3 Å². The molecule has 0 spiro atoms. The lowest BCUT2D eigenvalue weighted by Gasteiger charge is -2.02. The van der Waals surface area contributed by atoms with Gasteiger partial charge in [-0.2, -0.15) is 0 Å². The Morgan fingerprint density at radius 2 is 1.76 bits per heavy atom. The molecule has 21 heavy (non-hydrogen) atoms. The van der Waals surface area contributed by atoms with Crippen molar-refractivity contribution in [2.75, 3.05) is 7.11 Å². The van der Waals surface area contributed by atoms with Gasteiger partial charge >= 0.3 is 0 Å². The first-order valence-electron chi connectivity index (χ1n) is 7.53. The van der Waals surface area contributed by atoms with Gasteiger partial charge in [-0.1, -0.05) is 25.2 Å². The van der Waals surface area contributed by atoms with Gasteiger partial charge in [-0.05, 0) is 56.4 Å². The van der Waals surface area contributed by atoms with Crippen LogP contribution in [0.3, 0.4) is 0 Å². The largest absolute Gasteiger partial charge is 0.497 e. The minimum absolute atomic E-state index is 0.0974. The molecule has 1 rings (SSSR count). The lowest BCUT2D eigenvalue weighted by atomic mass is 10.2. The number of carbonyl (C=O) groups excluding carboxylic acids is 1. The maximum atomic E-state index is 11.8. The van der Waals surface area contributed by atoms with Crippen molar-refractivity contribution in [3.8, 4) is 5.75 Å². The van der Waals surface area contributed by atoms with Gasteiger partial charge in [0, 0.05) is 11.8 Å². The van der Waals surface area contributed by atoms with E-state index >= 15 is 0 Å². The molecule has 0 aliphatic rings. The third kappa shape index (κ3) is 7.35. The van der Waals surface area contributed by atoms with Crippen LogP contribution in [0, 0.1) is 0 Å².